The Morgan fingerprint density at radius 2 is 1.96 bits per heavy atom. The van der Waals surface area contributed by atoms with Crippen LogP contribution in [0.15, 0.2) is 36.7 Å². The van der Waals surface area contributed by atoms with Crippen molar-refractivity contribution in [1.29, 1.82) is 0 Å². The highest BCUT2D eigenvalue weighted by Gasteiger charge is 2.27. The molecule has 3 rings (SSSR count). The third-order valence-corrected chi connectivity index (χ3v) is 5.28. The van der Waals surface area contributed by atoms with E-state index in [0.29, 0.717) is 12.6 Å². The average molecular weight is 373 g/mol. The number of hydrogen-bond donors (Lipinski definition) is 1. The molecule has 1 aliphatic heterocycles. The molecule has 0 unspecified atom stereocenters. The number of aryl methyl sites for hydroxylation is 1. The number of aromatic nitrogens is 2. The van der Waals surface area contributed by atoms with Crippen LogP contribution in [-0.4, -0.2) is 63.3 Å². The van der Waals surface area contributed by atoms with Crippen molar-refractivity contribution in [2.24, 2.45) is 0 Å². The Morgan fingerprint density at radius 3 is 2.67 bits per heavy atom. The predicted octanol–water partition coefficient (Wildman–Crippen LogP) is 2.37. The molecule has 1 atom stereocenters. The first-order chi connectivity index (χ1) is 13.2. The lowest BCUT2D eigenvalue weighted by Gasteiger charge is -2.41. The van der Waals surface area contributed by atoms with Gasteiger partial charge in [-0.15, -0.1) is 0 Å². The maximum absolute atomic E-state index is 9.54. The van der Waals surface area contributed by atoms with Gasteiger partial charge in [-0.05, 0) is 38.0 Å². The van der Waals surface area contributed by atoms with Crippen molar-refractivity contribution < 1.29 is 9.84 Å². The van der Waals surface area contributed by atoms with E-state index in [1.165, 1.54) is 5.56 Å². The molecule has 0 radical (unpaired) electrons. The molecular formula is C21H32N4O2. The molecule has 0 bridgehead atoms. The fourth-order valence-electron chi connectivity index (χ4n) is 3.80. The fourth-order valence-corrected chi connectivity index (χ4v) is 3.80. The van der Waals surface area contributed by atoms with E-state index < -0.39 is 0 Å². The third-order valence-electron chi connectivity index (χ3n) is 5.28. The molecule has 0 spiro atoms. The van der Waals surface area contributed by atoms with Crippen LogP contribution >= 0.6 is 0 Å². The van der Waals surface area contributed by atoms with Gasteiger partial charge in [0.15, 0.2) is 0 Å². The Labute approximate surface area is 162 Å². The van der Waals surface area contributed by atoms with Crippen LogP contribution in [-0.2, 0) is 19.6 Å². The van der Waals surface area contributed by atoms with Crippen LogP contribution in [0.3, 0.4) is 0 Å². The predicted molar refractivity (Wildman–Crippen MR) is 107 cm³/mol. The normalized spacial score (nSPS) is 18.7. The molecule has 0 amide bonds. The fraction of sp³-hybridized carbons (Fsp3) is 0.571. The summed E-state index contributed by atoms with van der Waals surface area (Å²) in [6, 6.07) is 8.73. The van der Waals surface area contributed by atoms with E-state index in [1.807, 2.05) is 31.5 Å². The van der Waals surface area contributed by atoms with Gasteiger partial charge in [0.1, 0.15) is 11.6 Å². The van der Waals surface area contributed by atoms with Gasteiger partial charge in [0, 0.05) is 57.8 Å². The van der Waals surface area contributed by atoms with Crippen molar-refractivity contribution in [1.82, 2.24) is 19.4 Å². The quantitative estimate of drug-likeness (QED) is 0.732. The molecular weight excluding hydrogens is 340 g/mol. The highest BCUT2D eigenvalue weighted by Crippen LogP contribution is 2.20. The second-order valence-corrected chi connectivity index (χ2v) is 7.08. The van der Waals surface area contributed by atoms with Crippen LogP contribution in [0.1, 0.15) is 31.7 Å². The van der Waals surface area contributed by atoms with E-state index in [-0.39, 0.29) is 6.61 Å². The summed E-state index contributed by atoms with van der Waals surface area (Å²) in [5, 5.41) is 9.54. The number of benzene rings is 1. The molecule has 6 heteroatoms. The van der Waals surface area contributed by atoms with E-state index in [4.69, 9.17) is 4.74 Å². The van der Waals surface area contributed by atoms with Gasteiger partial charge in [-0.2, -0.15) is 0 Å². The minimum atomic E-state index is 0.224. The Balaban J connectivity index is 1.60. The summed E-state index contributed by atoms with van der Waals surface area (Å²) in [5.74, 6) is 2.05. The maximum atomic E-state index is 9.54. The molecule has 1 saturated heterocycles. The third kappa shape index (κ3) is 5.31. The monoisotopic (exact) mass is 372 g/mol. The van der Waals surface area contributed by atoms with Gasteiger partial charge in [0.05, 0.1) is 13.2 Å². The van der Waals surface area contributed by atoms with Crippen molar-refractivity contribution in [3.8, 4) is 5.75 Å². The lowest BCUT2D eigenvalue weighted by atomic mass is 10.1. The lowest BCUT2D eigenvalue weighted by molar-refractivity contribution is 0.0482. The maximum Gasteiger partial charge on any atom is 0.122 e. The van der Waals surface area contributed by atoms with Crippen molar-refractivity contribution in [3.63, 3.8) is 0 Å². The summed E-state index contributed by atoms with van der Waals surface area (Å²) >= 11 is 0. The first kappa shape index (κ1) is 19.9. The largest absolute Gasteiger partial charge is 0.494 e. The molecule has 1 aliphatic rings. The highest BCUT2D eigenvalue weighted by atomic mass is 16.5. The van der Waals surface area contributed by atoms with Crippen LogP contribution in [0.2, 0.25) is 0 Å². The highest BCUT2D eigenvalue weighted by molar-refractivity contribution is 5.27. The zero-order valence-electron chi connectivity index (χ0n) is 16.5. The van der Waals surface area contributed by atoms with Crippen molar-refractivity contribution in [3.05, 3.63) is 48.0 Å². The number of ether oxygens (including phenoxy) is 1. The zero-order chi connectivity index (χ0) is 19.1. The Hall–Kier alpha value is -1.89. The van der Waals surface area contributed by atoms with Gasteiger partial charge in [-0.3, -0.25) is 9.80 Å². The Bertz CT molecular complexity index is 686. The zero-order valence-corrected chi connectivity index (χ0v) is 16.5. The van der Waals surface area contributed by atoms with E-state index in [2.05, 4.69) is 38.4 Å². The number of aliphatic hydroxyl groups excluding tert-OH is 1. The topological polar surface area (TPSA) is 53.8 Å². The molecule has 1 aromatic heterocycles. The van der Waals surface area contributed by atoms with Crippen LogP contribution < -0.4 is 4.74 Å². The average Bonchev–Trinajstić information content (AvgIpc) is 3.13. The summed E-state index contributed by atoms with van der Waals surface area (Å²) in [6.45, 7) is 10.8. The van der Waals surface area contributed by atoms with E-state index >= 15 is 0 Å². The molecule has 1 N–H and O–H groups in total. The molecule has 0 aliphatic carbocycles. The second-order valence-electron chi connectivity index (χ2n) is 7.08. The number of aliphatic hydroxyl groups is 1. The number of rotatable bonds is 9. The second kappa shape index (κ2) is 9.88. The van der Waals surface area contributed by atoms with Gasteiger partial charge in [0.2, 0.25) is 0 Å². The number of imidazole rings is 1. The molecule has 2 heterocycles. The Morgan fingerprint density at radius 1 is 1.15 bits per heavy atom. The molecule has 148 valence electrons. The van der Waals surface area contributed by atoms with Crippen LogP contribution in [0.25, 0.3) is 0 Å². The number of hydrogen-bond acceptors (Lipinski definition) is 5. The lowest BCUT2D eigenvalue weighted by Crippen LogP contribution is -2.52. The summed E-state index contributed by atoms with van der Waals surface area (Å²) in [5.41, 5.74) is 1.29. The van der Waals surface area contributed by atoms with Crippen molar-refractivity contribution in [2.75, 3.05) is 32.8 Å². The minimum absolute atomic E-state index is 0.224. The summed E-state index contributed by atoms with van der Waals surface area (Å²) in [4.78, 5) is 9.47. The Kier molecular flexibility index (Phi) is 7.26. The molecule has 1 fully saturated rings. The van der Waals surface area contributed by atoms with Gasteiger partial charge in [-0.1, -0.05) is 12.1 Å². The van der Waals surface area contributed by atoms with Crippen LogP contribution in [0.4, 0.5) is 0 Å². The summed E-state index contributed by atoms with van der Waals surface area (Å²) < 4.78 is 7.73. The molecule has 6 nitrogen and oxygen atoms in total. The summed E-state index contributed by atoms with van der Waals surface area (Å²) in [6.07, 6.45) is 4.73. The number of piperazine rings is 1. The molecule has 0 saturated carbocycles. The van der Waals surface area contributed by atoms with Gasteiger partial charge < -0.3 is 14.4 Å². The minimum Gasteiger partial charge on any atom is -0.494 e. The van der Waals surface area contributed by atoms with Gasteiger partial charge >= 0.3 is 0 Å². The van der Waals surface area contributed by atoms with E-state index in [9.17, 15) is 5.11 Å². The van der Waals surface area contributed by atoms with Crippen LogP contribution in [0.5, 0.6) is 5.75 Å². The van der Waals surface area contributed by atoms with Crippen LogP contribution in [0, 0.1) is 0 Å². The number of nitrogens with zero attached hydrogens (tertiary/aromatic N) is 4. The van der Waals surface area contributed by atoms with E-state index in [0.717, 1.165) is 57.3 Å². The molecule has 2 aromatic rings. The first-order valence-electron chi connectivity index (χ1n) is 10.0. The van der Waals surface area contributed by atoms with Crippen molar-refractivity contribution in [2.45, 2.75) is 45.9 Å². The van der Waals surface area contributed by atoms with Gasteiger partial charge in [0.25, 0.3) is 0 Å². The summed E-state index contributed by atoms with van der Waals surface area (Å²) in [7, 11) is 0. The van der Waals surface area contributed by atoms with Crippen molar-refractivity contribution >= 4 is 0 Å². The SMILES string of the molecule is CCOc1ccc(CN2CCN(Cc3nccn3CC)C[C@@H]2CCO)cc1. The van der Waals surface area contributed by atoms with E-state index in [1.54, 1.807) is 0 Å². The molecule has 1 aromatic carbocycles. The standard InChI is InChI=1S/C21H32N4O2/c1-3-24-11-10-22-21(24)17-23-12-13-25(19(16-23)9-14-26)15-18-5-7-20(8-6-18)27-4-2/h5-8,10-11,19,26H,3-4,9,12-17H2,1-2H3/t19-/m0/s1. The smallest absolute Gasteiger partial charge is 0.122 e. The molecule has 27 heavy (non-hydrogen) atoms. The van der Waals surface area contributed by atoms with Gasteiger partial charge in [-0.25, -0.2) is 4.98 Å². The first-order valence-corrected chi connectivity index (χ1v) is 10.0.